The van der Waals surface area contributed by atoms with E-state index >= 15 is 0 Å². The van der Waals surface area contributed by atoms with Gasteiger partial charge in [0.1, 0.15) is 12.6 Å². The summed E-state index contributed by atoms with van der Waals surface area (Å²) in [6, 6.07) is 6.77. The van der Waals surface area contributed by atoms with E-state index in [-0.39, 0.29) is 6.61 Å². The van der Waals surface area contributed by atoms with Crippen LogP contribution in [-0.4, -0.2) is 32.2 Å². The maximum Gasteiger partial charge on any atom is 0.238 e. The fraction of sp³-hybridized carbons (Fsp3) is 0.417. The molecule has 0 aromatic heterocycles. The fourth-order valence-electron chi connectivity index (χ4n) is 1.40. The number of methoxy groups -OCH3 is 1. The normalized spacial score (nSPS) is 11.9. The minimum atomic E-state index is -0.495. The predicted molar refractivity (Wildman–Crippen MR) is 65.1 cm³/mol. The first kappa shape index (κ1) is 13.3. The molecule has 1 aromatic rings. The van der Waals surface area contributed by atoms with Gasteiger partial charge in [-0.1, -0.05) is 19.1 Å². The van der Waals surface area contributed by atoms with E-state index < -0.39 is 11.9 Å². The molecule has 0 bridgehead atoms. The number of carbonyl (C=O) groups is 1. The Hall–Kier alpha value is -1.75. The lowest BCUT2D eigenvalue weighted by atomic mass is 10.3. The maximum atomic E-state index is 11.1. The highest BCUT2D eigenvalue weighted by Crippen LogP contribution is 2.25. The Morgan fingerprint density at radius 1 is 1.41 bits per heavy atom. The van der Waals surface area contributed by atoms with E-state index in [1.54, 1.807) is 19.2 Å². The number of hydrogen-bond acceptors (Lipinski definition) is 4. The molecule has 0 aliphatic heterocycles. The number of likely N-dealkylation sites (N-methyl/N-ethyl adjacent to an activating group) is 1. The number of ether oxygens (including phenoxy) is 2. The minimum Gasteiger partial charge on any atom is -0.493 e. The van der Waals surface area contributed by atoms with Gasteiger partial charge < -0.3 is 20.5 Å². The molecule has 0 spiro atoms. The van der Waals surface area contributed by atoms with Gasteiger partial charge in [0.25, 0.3) is 0 Å². The molecule has 1 rings (SSSR count). The van der Waals surface area contributed by atoms with E-state index in [2.05, 4.69) is 5.32 Å². The van der Waals surface area contributed by atoms with Crippen LogP contribution in [0.1, 0.15) is 6.92 Å². The third-order valence-electron chi connectivity index (χ3n) is 2.27. The van der Waals surface area contributed by atoms with Gasteiger partial charge in [-0.2, -0.15) is 0 Å². The molecule has 0 saturated carbocycles. The van der Waals surface area contributed by atoms with E-state index in [1.165, 1.54) is 0 Å². The summed E-state index contributed by atoms with van der Waals surface area (Å²) in [7, 11) is 1.57. The number of amides is 1. The second kappa shape index (κ2) is 6.75. The predicted octanol–water partition coefficient (Wildman–Crippen LogP) is 0.537. The Morgan fingerprint density at radius 2 is 2.06 bits per heavy atom. The van der Waals surface area contributed by atoms with Gasteiger partial charge in [-0.25, -0.2) is 0 Å². The van der Waals surface area contributed by atoms with Crippen LogP contribution in [0.15, 0.2) is 24.3 Å². The van der Waals surface area contributed by atoms with Gasteiger partial charge in [0.05, 0.1) is 7.11 Å². The van der Waals surface area contributed by atoms with Crippen molar-refractivity contribution in [3.05, 3.63) is 24.3 Å². The Bertz CT molecular complexity index is 369. The van der Waals surface area contributed by atoms with Crippen LogP contribution in [0.4, 0.5) is 0 Å². The van der Waals surface area contributed by atoms with Crippen LogP contribution in [0, 0.1) is 0 Å². The smallest absolute Gasteiger partial charge is 0.238 e. The van der Waals surface area contributed by atoms with Gasteiger partial charge in [0.15, 0.2) is 11.5 Å². The van der Waals surface area contributed by atoms with Crippen LogP contribution in [0.3, 0.4) is 0 Å². The van der Waals surface area contributed by atoms with Crippen LogP contribution in [0.25, 0.3) is 0 Å². The first-order valence-corrected chi connectivity index (χ1v) is 5.47. The lowest BCUT2D eigenvalue weighted by Gasteiger charge is -2.16. The third kappa shape index (κ3) is 3.96. The molecule has 5 nitrogen and oxygen atoms in total. The zero-order valence-corrected chi connectivity index (χ0v) is 10.1. The molecular weight excluding hydrogens is 220 g/mol. The van der Waals surface area contributed by atoms with Crippen LogP contribution in [-0.2, 0) is 4.79 Å². The van der Waals surface area contributed by atoms with Crippen LogP contribution in [0.5, 0.6) is 11.5 Å². The summed E-state index contributed by atoms with van der Waals surface area (Å²) < 4.78 is 10.7. The first-order valence-electron chi connectivity index (χ1n) is 5.47. The fourth-order valence-corrected chi connectivity index (χ4v) is 1.40. The number of hydrogen-bond donors (Lipinski definition) is 2. The molecule has 1 aromatic carbocycles. The molecule has 17 heavy (non-hydrogen) atoms. The molecule has 0 saturated heterocycles. The number of rotatable bonds is 7. The highest BCUT2D eigenvalue weighted by molar-refractivity contribution is 5.80. The number of benzene rings is 1. The standard InChI is InChI=1S/C12H18N2O3/c1-3-14-9(12(13)15)8-17-11-7-5-4-6-10(11)16-2/h4-7,9,14H,3,8H2,1-2H3,(H2,13,15). The molecule has 3 N–H and O–H groups in total. The van der Waals surface area contributed by atoms with E-state index in [4.69, 9.17) is 15.2 Å². The largest absolute Gasteiger partial charge is 0.493 e. The Morgan fingerprint density at radius 3 is 2.59 bits per heavy atom. The molecule has 1 atom stereocenters. The van der Waals surface area contributed by atoms with E-state index in [9.17, 15) is 4.79 Å². The van der Waals surface area contributed by atoms with E-state index in [1.807, 2.05) is 19.1 Å². The van der Waals surface area contributed by atoms with Gasteiger partial charge in [-0.15, -0.1) is 0 Å². The minimum absolute atomic E-state index is 0.184. The zero-order chi connectivity index (χ0) is 12.7. The van der Waals surface area contributed by atoms with Crippen molar-refractivity contribution in [3.63, 3.8) is 0 Å². The summed E-state index contributed by atoms with van der Waals surface area (Å²) in [5, 5.41) is 2.95. The number of carbonyl (C=O) groups excluding carboxylic acids is 1. The molecule has 0 heterocycles. The summed E-state index contributed by atoms with van der Waals surface area (Å²) in [4.78, 5) is 11.1. The summed E-state index contributed by atoms with van der Waals surface area (Å²) in [5.74, 6) is 0.799. The van der Waals surface area contributed by atoms with Gasteiger partial charge >= 0.3 is 0 Å². The van der Waals surface area contributed by atoms with Crippen molar-refractivity contribution < 1.29 is 14.3 Å². The van der Waals surface area contributed by atoms with Gasteiger partial charge in [-0.05, 0) is 18.7 Å². The van der Waals surface area contributed by atoms with Crippen LogP contribution < -0.4 is 20.5 Å². The second-order valence-corrected chi connectivity index (χ2v) is 3.47. The number of para-hydroxylation sites is 2. The Balaban J connectivity index is 2.61. The quantitative estimate of drug-likeness (QED) is 0.727. The van der Waals surface area contributed by atoms with Crippen LogP contribution in [0.2, 0.25) is 0 Å². The molecule has 0 aliphatic rings. The average molecular weight is 238 g/mol. The van der Waals surface area contributed by atoms with E-state index in [0.717, 1.165) is 0 Å². The second-order valence-electron chi connectivity index (χ2n) is 3.47. The summed E-state index contributed by atoms with van der Waals surface area (Å²) in [5.41, 5.74) is 5.24. The maximum absolute atomic E-state index is 11.1. The van der Waals surface area contributed by atoms with Crippen molar-refractivity contribution in [3.8, 4) is 11.5 Å². The summed E-state index contributed by atoms with van der Waals surface area (Å²) >= 11 is 0. The van der Waals surface area contributed by atoms with Crippen molar-refractivity contribution in [1.82, 2.24) is 5.32 Å². The third-order valence-corrected chi connectivity index (χ3v) is 2.27. The molecule has 1 amide bonds. The lowest BCUT2D eigenvalue weighted by molar-refractivity contribution is -0.120. The number of nitrogens with two attached hydrogens (primary N) is 1. The molecule has 1 unspecified atom stereocenters. The monoisotopic (exact) mass is 238 g/mol. The van der Waals surface area contributed by atoms with Crippen molar-refractivity contribution in [1.29, 1.82) is 0 Å². The molecule has 5 heteroatoms. The van der Waals surface area contributed by atoms with Crippen molar-refractivity contribution in [2.45, 2.75) is 13.0 Å². The lowest BCUT2D eigenvalue weighted by Crippen LogP contribution is -2.45. The SMILES string of the molecule is CCNC(COc1ccccc1OC)C(N)=O. The molecular formula is C12H18N2O3. The Labute approximate surface area is 101 Å². The van der Waals surface area contributed by atoms with Crippen LogP contribution >= 0.6 is 0 Å². The summed E-state index contributed by atoms with van der Waals surface area (Å²) in [6.07, 6.45) is 0. The molecule has 0 radical (unpaired) electrons. The van der Waals surface area contributed by atoms with Crippen molar-refractivity contribution >= 4 is 5.91 Å². The van der Waals surface area contributed by atoms with Gasteiger partial charge in [0.2, 0.25) is 5.91 Å². The Kier molecular flexibility index (Phi) is 5.29. The van der Waals surface area contributed by atoms with E-state index in [0.29, 0.717) is 18.0 Å². The highest BCUT2D eigenvalue weighted by atomic mass is 16.5. The number of primary amides is 1. The van der Waals surface area contributed by atoms with Crippen molar-refractivity contribution in [2.75, 3.05) is 20.3 Å². The molecule has 0 aliphatic carbocycles. The van der Waals surface area contributed by atoms with Crippen molar-refractivity contribution in [2.24, 2.45) is 5.73 Å². The molecule has 0 fully saturated rings. The van der Waals surface area contributed by atoms with Gasteiger partial charge in [-0.3, -0.25) is 4.79 Å². The first-order chi connectivity index (χ1) is 8.19. The molecule has 94 valence electrons. The van der Waals surface area contributed by atoms with Gasteiger partial charge in [0, 0.05) is 0 Å². The summed E-state index contributed by atoms with van der Waals surface area (Å²) in [6.45, 7) is 2.74. The number of nitrogens with one attached hydrogen (secondary N) is 1. The highest BCUT2D eigenvalue weighted by Gasteiger charge is 2.15. The average Bonchev–Trinajstić information content (AvgIpc) is 2.34. The topological polar surface area (TPSA) is 73.6 Å². The zero-order valence-electron chi connectivity index (χ0n) is 10.1.